The molecule has 32 nitrogen and oxygen atoms in total. The number of hydrogen-bond donors (Lipinski definition) is 20. The molecule has 0 spiro atoms. The summed E-state index contributed by atoms with van der Waals surface area (Å²) in [6, 6.07) is -10.1. The maximum atomic E-state index is 15.5. The molecule has 486 valence electrons. The summed E-state index contributed by atoms with van der Waals surface area (Å²) in [6.07, 6.45) is 6.61. The van der Waals surface area contributed by atoms with E-state index in [-0.39, 0.29) is 82.8 Å². The summed E-state index contributed by atoms with van der Waals surface area (Å²) in [5.41, 5.74) is 45.6. The number of halogens is 1. The molecule has 0 bridgehead atoms. The van der Waals surface area contributed by atoms with Gasteiger partial charge in [-0.1, -0.05) is 12.5 Å². The van der Waals surface area contributed by atoms with Gasteiger partial charge in [0.15, 0.2) is 5.96 Å². The van der Waals surface area contributed by atoms with Gasteiger partial charge in [0, 0.05) is 37.8 Å². The van der Waals surface area contributed by atoms with E-state index >= 15 is 4.39 Å². The van der Waals surface area contributed by atoms with Crippen LogP contribution in [-0.4, -0.2) is 200 Å². The summed E-state index contributed by atoms with van der Waals surface area (Å²) in [5, 5.41) is 33.4. The summed E-state index contributed by atoms with van der Waals surface area (Å²) in [7, 11) is 0. The molecule has 0 radical (unpaired) electrons. The molecule has 1 aliphatic heterocycles. The summed E-state index contributed by atoms with van der Waals surface area (Å²) >= 11 is 0. The lowest BCUT2D eigenvalue weighted by molar-refractivity contribution is -0.142. The largest absolute Gasteiger partial charge is 0.370 e. The van der Waals surface area contributed by atoms with Crippen LogP contribution in [0.4, 0.5) is 4.39 Å². The lowest BCUT2D eigenvalue weighted by Crippen LogP contribution is -2.59. The maximum Gasteiger partial charge on any atom is 0.268 e. The number of hydrogen-bond acceptors (Lipinski definition) is 19. The van der Waals surface area contributed by atoms with E-state index < -0.39 is 133 Å². The summed E-state index contributed by atoms with van der Waals surface area (Å²) < 4.78 is 15.5. The fourth-order valence-electron chi connectivity index (χ4n) is 8.93. The highest BCUT2D eigenvalue weighted by atomic mass is 19.1. The average Bonchev–Trinajstić information content (AvgIpc) is 4.16. The third kappa shape index (κ3) is 28.6. The Morgan fingerprint density at radius 2 is 1.22 bits per heavy atom. The number of rotatable bonds is 44. The molecule has 1 saturated heterocycles. The van der Waals surface area contributed by atoms with E-state index in [0.717, 1.165) is 4.90 Å². The normalized spacial score (nSPS) is 16.4. The highest BCUT2D eigenvalue weighted by molar-refractivity contribution is 6.02. The molecule has 1 aromatic rings. The van der Waals surface area contributed by atoms with Crippen LogP contribution in [0.25, 0.3) is 0 Å². The number of nitrogens with zero attached hydrogens (tertiary/aromatic N) is 2. The Labute approximate surface area is 501 Å². The van der Waals surface area contributed by atoms with Crippen molar-refractivity contribution in [3.63, 3.8) is 0 Å². The first-order valence-electron chi connectivity index (χ1n) is 29.5. The number of unbranched alkanes of at least 4 members (excludes halogenated alkanes) is 4. The minimum absolute atomic E-state index is 0.0122. The Morgan fingerprint density at radius 1 is 0.640 bits per heavy atom. The smallest absolute Gasteiger partial charge is 0.268 e. The maximum absolute atomic E-state index is 15.5. The number of aromatic nitrogens is 2. The van der Waals surface area contributed by atoms with Crippen molar-refractivity contribution in [2.24, 2.45) is 45.9 Å². The Hall–Kier alpha value is -7.43. The van der Waals surface area contributed by atoms with Crippen LogP contribution in [0.15, 0.2) is 24.3 Å². The first-order valence-corrected chi connectivity index (χ1v) is 29.5. The fourth-order valence-corrected chi connectivity index (χ4v) is 8.93. The zero-order valence-corrected chi connectivity index (χ0v) is 49.5. The van der Waals surface area contributed by atoms with Crippen molar-refractivity contribution in [2.45, 2.75) is 171 Å². The summed E-state index contributed by atoms with van der Waals surface area (Å²) in [5.74, 6) is -8.24. The van der Waals surface area contributed by atoms with Gasteiger partial charge in [-0.15, -0.1) is 0 Å². The monoisotopic (exact) mass is 1220 g/mol. The molecule has 0 saturated carbocycles. The zero-order chi connectivity index (χ0) is 64.0. The summed E-state index contributed by atoms with van der Waals surface area (Å²) in [4.78, 5) is 145. The molecule has 1 aliphatic rings. The van der Waals surface area contributed by atoms with Crippen LogP contribution in [0.2, 0.25) is 0 Å². The molecule has 10 amide bonds. The quantitative estimate of drug-likeness (QED) is 0.0125. The van der Waals surface area contributed by atoms with Crippen LogP contribution >= 0.6 is 0 Å². The van der Waals surface area contributed by atoms with E-state index in [1.54, 1.807) is 0 Å². The van der Waals surface area contributed by atoms with Gasteiger partial charge in [0.25, 0.3) is 5.91 Å². The fraction of sp³-hybridized carbons (Fsp3) is 0.698. The SMILES string of the molecule is C[C@H](NC(=O)[C@H](CCN)NC(=O)C(N)CCCCN)C(=O)NCC(=O)N[C@H](CCCN)C(=O)N1C[C@@H](F)C[C@H]1C(=O)NC(Cc1cnc[nH]1)C(=O)N[C@@H](CCCCN)C(=O)N/C(=C\CCNC(=N)N)C(=O)N[C@@H](CCCCN)C(=O)NCCCCN. The first kappa shape index (κ1) is 74.7. The number of nitrogens with two attached hydrogens (primary N) is 8. The van der Waals surface area contributed by atoms with Crippen molar-refractivity contribution < 1.29 is 52.3 Å². The minimum Gasteiger partial charge on any atom is -0.370 e. The molecule has 0 aromatic carbocycles. The molecule has 1 fully saturated rings. The van der Waals surface area contributed by atoms with Crippen molar-refractivity contribution in [2.75, 3.05) is 65.4 Å². The molecule has 2 unspecified atom stereocenters. The van der Waals surface area contributed by atoms with Gasteiger partial charge < -0.3 is 109 Å². The van der Waals surface area contributed by atoms with E-state index in [9.17, 15) is 47.9 Å². The number of alkyl halides is 1. The number of imidazole rings is 1. The lowest BCUT2D eigenvalue weighted by Gasteiger charge is -2.30. The average molecular weight is 1220 g/mol. The third-order valence-corrected chi connectivity index (χ3v) is 13.7. The van der Waals surface area contributed by atoms with Crippen LogP contribution in [0, 0.1) is 5.41 Å². The van der Waals surface area contributed by atoms with Crippen LogP contribution in [0.1, 0.15) is 115 Å². The third-order valence-electron chi connectivity index (χ3n) is 13.7. The second-order valence-electron chi connectivity index (χ2n) is 20.9. The van der Waals surface area contributed by atoms with E-state index in [0.29, 0.717) is 89.7 Å². The Kier molecular flexibility index (Phi) is 36.8. The molecule has 33 heteroatoms. The standard InChI is InChI=1S/C53H97FN22O10/c1-32(69-47(81)39(17-23-60)71-45(79)35(61)12-2-5-18-55)44(78)67-29-43(77)70-40(15-10-22-59)52(86)76-30-33(54)26-42(76)51(85)75-41(27-34-28-64-31-68-34)50(84)74-37(14-4-7-20-57)48(82)73-38(16-11-25-66-53(62)63)49(83)72-36(13-3-6-19-56)46(80)65-24-9-8-21-58/h16,28,31-33,35-37,39-42H,2-15,17-27,29-30,55-61H2,1H3,(H,64,68)(H,65,80)(H,67,78)(H,69,81)(H,70,77)(H,71,79)(H,72,83)(H,73,82)(H,74,84)(H,75,85)(H4,62,63,66)/b38-16-/t32-,33-,35?,36-,37-,39-,40+,41?,42-/m0/s1. The molecular weight excluding hydrogens is 1120 g/mol. The number of aromatic amines is 1. The van der Waals surface area contributed by atoms with Gasteiger partial charge in [0.2, 0.25) is 53.2 Å². The van der Waals surface area contributed by atoms with Crippen molar-refractivity contribution in [3.8, 4) is 0 Å². The van der Waals surface area contributed by atoms with E-state index in [1.165, 1.54) is 25.5 Å². The number of H-pyrrole nitrogens is 1. The Balaban J connectivity index is 2.35. The van der Waals surface area contributed by atoms with E-state index in [4.69, 9.17) is 51.3 Å². The number of carbonyl (C=O) groups is 10. The van der Waals surface area contributed by atoms with Crippen molar-refractivity contribution >= 4 is 65.0 Å². The second kappa shape index (κ2) is 42.4. The van der Waals surface area contributed by atoms with Crippen LogP contribution in [0.5, 0.6) is 0 Å². The van der Waals surface area contributed by atoms with E-state index in [1.807, 2.05) is 0 Å². The molecule has 28 N–H and O–H groups in total. The molecular formula is C53H97FN22O10. The van der Waals surface area contributed by atoms with Gasteiger partial charge in [0.05, 0.1) is 25.5 Å². The van der Waals surface area contributed by atoms with E-state index in [2.05, 4.69) is 63.1 Å². The highest BCUT2D eigenvalue weighted by Gasteiger charge is 2.43. The van der Waals surface area contributed by atoms with Gasteiger partial charge in [-0.2, -0.15) is 0 Å². The Morgan fingerprint density at radius 3 is 1.83 bits per heavy atom. The van der Waals surface area contributed by atoms with Crippen LogP contribution < -0.4 is 99.0 Å². The van der Waals surface area contributed by atoms with Gasteiger partial charge in [-0.05, 0) is 136 Å². The van der Waals surface area contributed by atoms with Crippen LogP contribution in [0.3, 0.4) is 0 Å². The number of amides is 10. The van der Waals surface area contributed by atoms with Crippen molar-refractivity contribution in [3.05, 3.63) is 30.0 Å². The molecule has 2 rings (SSSR count). The molecule has 86 heavy (non-hydrogen) atoms. The molecule has 1 aromatic heterocycles. The van der Waals surface area contributed by atoms with Crippen LogP contribution in [-0.2, 0) is 54.4 Å². The second-order valence-corrected chi connectivity index (χ2v) is 20.9. The lowest BCUT2D eigenvalue weighted by atomic mass is 10.0. The topological polar surface area (TPSA) is 555 Å². The minimum atomic E-state index is -1.72. The molecule has 0 aliphatic carbocycles. The molecule has 9 atom stereocenters. The summed E-state index contributed by atoms with van der Waals surface area (Å²) in [6.45, 7) is 1.95. The Bertz CT molecular complexity index is 2330. The van der Waals surface area contributed by atoms with Gasteiger partial charge in [-0.25, -0.2) is 9.37 Å². The van der Waals surface area contributed by atoms with Gasteiger partial charge in [-0.3, -0.25) is 53.4 Å². The predicted molar refractivity (Wildman–Crippen MR) is 318 cm³/mol. The van der Waals surface area contributed by atoms with Crippen molar-refractivity contribution in [1.29, 1.82) is 5.41 Å². The molecule has 2 heterocycles. The van der Waals surface area contributed by atoms with Gasteiger partial charge >= 0.3 is 0 Å². The highest BCUT2D eigenvalue weighted by Crippen LogP contribution is 2.23. The number of nitrogens with one attached hydrogen (secondary N) is 12. The van der Waals surface area contributed by atoms with Crippen molar-refractivity contribution in [1.82, 2.24) is 68.0 Å². The number of carbonyl (C=O) groups excluding carboxylic acids is 10. The van der Waals surface area contributed by atoms with Gasteiger partial charge in [0.1, 0.15) is 54.2 Å². The predicted octanol–water partition coefficient (Wildman–Crippen LogP) is -6.53. The zero-order valence-electron chi connectivity index (χ0n) is 49.5. The number of guanidine groups is 1. The first-order chi connectivity index (χ1) is 41.1. The number of likely N-dealkylation sites (tertiary alicyclic amines) is 1.